The number of halogens is 1. The molecule has 5 aromatic rings. The van der Waals surface area contributed by atoms with Gasteiger partial charge in [0, 0.05) is 29.7 Å². The van der Waals surface area contributed by atoms with Gasteiger partial charge in [-0.3, -0.25) is 10.3 Å². The maximum atomic E-state index is 13.9. The van der Waals surface area contributed by atoms with Crippen LogP contribution in [0.15, 0.2) is 79.3 Å². The fourth-order valence-corrected chi connectivity index (χ4v) is 3.62. The smallest absolute Gasteiger partial charge is 0.320 e. The van der Waals surface area contributed by atoms with Gasteiger partial charge in [0.25, 0.3) is 0 Å². The molecule has 0 spiro atoms. The summed E-state index contributed by atoms with van der Waals surface area (Å²) in [6, 6.07) is 17.2. The number of urea groups is 1. The van der Waals surface area contributed by atoms with Crippen LogP contribution in [-0.2, 0) is 6.54 Å². The number of hydrogen-bond donors (Lipinski definition) is 2. The summed E-state index contributed by atoms with van der Waals surface area (Å²) < 4.78 is 15.6. The Balaban J connectivity index is 1.47. The van der Waals surface area contributed by atoms with Crippen molar-refractivity contribution in [2.45, 2.75) is 13.5 Å². The molecule has 9 heteroatoms. The van der Waals surface area contributed by atoms with Crippen molar-refractivity contribution in [3.63, 3.8) is 0 Å². The zero-order valence-electron chi connectivity index (χ0n) is 18.2. The van der Waals surface area contributed by atoms with E-state index in [-0.39, 0.29) is 12.4 Å². The molecule has 0 bridgehead atoms. The lowest BCUT2D eigenvalue weighted by Crippen LogP contribution is -2.28. The molecule has 0 saturated heterocycles. The van der Waals surface area contributed by atoms with E-state index in [1.807, 2.05) is 30.3 Å². The zero-order chi connectivity index (χ0) is 23.5. The monoisotopic (exact) mass is 453 g/mol. The van der Waals surface area contributed by atoms with Crippen molar-refractivity contribution < 1.29 is 9.18 Å². The molecule has 4 heterocycles. The van der Waals surface area contributed by atoms with E-state index in [0.29, 0.717) is 28.4 Å². The first kappa shape index (κ1) is 21.2. The zero-order valence-corrected chi connectivity index (χ0v) is 18.2. The van der Waals surface area contributed by atoms with E-state index in [1.54, 1.807) is 54.3 Å². The number of anilines is 1. The Labute approximate surface area is 194 Å². The van der Waals surface area contributed by atoms with Crippen molar-refractivity contribution in [2.24, 2.45) is 0 Å². The number of hydrogen-bond acceptors (Lipinski definition) is 5. The SMILES string of the molecule is Cc1cc(-c2nc3cccnn3c2-c2ccnc(NC(=O)NCc3ccccn3)c2)ccc1F. The van der Waals surface area contributed by atoms with E-state index in [1.165, 1.54) is 6.07 Å². The summed E-state index contributed by atoms with van der Waals surface area (Å²) in [5.74, 6) is 0.0856. The predicted octanol–water partition coefficient (Wildman–Crippen LogP) is 4.62. The second-order valence-electron chi connectivity index (χ2n) is 7.63. The van der Waals surface area contributed by atoms with Crippen molar-refractivity contribution >= 4 is 17.5 Å². The molecule has 8 nitrogen and oxygen atoms in total. The summed E-state index contributed by atoms with van der Waals surface area (Å²) in [4.78, 5) is 25.6. The number of imidazole rings is 1. The number of amides is 2. The van der Waals surface area contributed by atoms with Gasteiger partial charge in [-0.25, -0.2) is 23.7 Å². The first-order valence-electron chi connectivity index (χ1n) is 10.6. The second kappa shape index (κ2) is 9.07. The standard InChI is InChI=1S/C25H20FN7O/c1-16-13-17(7-8-20(16)26)23-24(33-22(32-23)6-4-11-30-33)18-9-12-28-21(14-18)31-25(34)29-15-19-5-2-3-10-27-19/h2-14H,15H2,1H3,(H2,28,29,31,34). The molecule has 34 heavy (non-hydrogen) atoms. The second-order valence-corrected chi connectivity index (χ2v) is 7.63. The lowest BCUT2D eigenvalue weighted by Gasteiger charge is -2.09. The minimum absolute atomic E-state index is 0.278. The lowest BCUT2D eigenvalue weighted by atomic mass is 10.0. The third kappa shape index (κ3) is 4.31. The Morgan fingerprint density at radius 3 is 2.71 bits per heavy atom. The average Bonchev–Trinajstić information content (AvgIpc) is 3.25. The molecular weight excluding hydrogens is 433 g/mol. The lowest BCUT2D eigenvalue weighted by molar-refractivity contribution is 0.251. The molecule has 5 rings (SSSR count). The molecule has 4 aromatic heterocycles. The van der Waals surface area contributed by atoms with Gasteiger partial charge < -0.3 is 5.32 Å². The highest BCUT2D eigenvalue weighted by Crippen LogP contribution is 2.33. The molecule has 0 atom stereocenters. The topological polar surface area (TPSA) is 97.1 Å². The van der Waals surface area contributed by atoms with Crippen LogP contribution in [0.4, 0.5) is 15.0 Å². The molecule has 2 N–H and O–H groups in total. The van der Waals surface area contributed by atoms with Gasteiger partial charge in [-0.05, 0) is 67.1 Å². The normalized spacial score (nSPS) is 10.9. The molecular formula is C25H20FN7O. The largest absolute Gasteiger partial charge is 0.332 e. The number of rotatable bonds is 5. The molecule has 0 aliphatic rings. The number of aromatic nitrogens is 5. The van der Waals surface area contributed by atoms with Crippen molar-refractivity contribution in [1.82, 2.24) is 29.9 Å². The van der Waals surface area contributed by atoms with Crippen LogP contribution in [0.3, 0.4) is 0 Å². The molecule has 0 saturated carbocycles. The molecule has 0 aliphatic carbocycles. The Kier molecular flexibility index (Phi) is 5.65. The van der Waals surface area contributed by atoms with Crippen molar-refractivity contribution in [1.29, 1.82) is 0 Å². The highest BCUT2D eigenvalue weighted by atomic mass is 19.1. The summed E-state index contributed by atoms with van der Waals surface area (Å²) in [6.45, 7) is 2.00. The summed E-state index contributed by atoms with van der Waals surface area (Å²) in [7, 11) is 0. The Hall–Kier alpha value is -4.66. The number of benzene rings is 1. The fourth-order valence-electron chi connectivity index (χ4n) is 3.62. The van der Waals surface area contributed by atoms with Gasteiger partial charge in [0.1, 0.15) is 17.3 Å². The Morgan fingerprint density at radius 2 is 1.88 bits per heavy atom. The number of carbonyl (C=O) groups is 1. The molecule has 0 unspecified atom stereocenters. The number of pyridine rings is 2. The van der Waals surface area contributed by atoms with Crippen molar-refractivity contribution in [3.05, 3.63) is 96.3 Å². The summed E-state index contributed by atoms with van der Waals surface area (Å²) in [5, 5.41) is 9.96. The minimum atomic E-state index is -0.402. The molecule has 0 radical (unpaired) electrons. The first-order chi connectivity index (χ1) is 16.6. The number of fused-ring (bicyclic) bond motifs is 1. The van der Waals surface area contributed by atoms with Crippen LogP contribution in [0.5, 0.6) is 0 Å². The summed E-state index contributed by atoms with van der Waals surface area (Å²) in [6.07, 6.45) is 4.94. The number of carbonyl (C=O) groups excluding carboxylic acids is 1. The summed E-state index contributed by atoms with van der Waals surface area (Å²) in [5.41, 5.74) is 4.79. The van der Waals surface area contributed by atoms with Crippen LogP contribution in [0.1, 0.15) is 11.3 Å². The van der Waals surface area contributed by atoms with E-state index in [4.69, 9.17) is 4.98 Å². The van der Waals surface area contributed by atoms with Crippen LogP contribution in [0.25, 0.3) is 28.2 Å². The number of nitrogens with zero attached hydrogens (tertiary/aromatic N) is 5. The average molecular weight is 453 g/mol. The maximum Gasteiger partial charge on any atom is 0.320 e. The molecule has 1 aromatic carbocycles. The summed E-state index contributed by atoms with van der Waals surface area (Å²) >= 11 is 0. The van der Waals surface area contributed by atoms with E-state index >= 15 is 0 Å². The molecule has 168 valence electrons. The van der Waals surface area contributed by atoms with Crippen LogP contribution < -0.4 is 10.6 Å². The Bertz CT molecular complexity index is 1480. The van der Waals surface area contributed by atoms with E-state index in [0.717, 1.165) is 16.8 Å². The Morgan fingerprint density at radius 1 is 0.971 bits per heavy atom. The van der Waals surface area contributed by atoms with Gasteiger partial charge in [0.05, 0.1) is 17.9 Å². The minimum Gasteiger partial charge on any atom is -0.332 e. The number of aryl methyl sites for hydroxylation is 1. The van der Waals surface area contributed by atoms with E-state index < -0.39 is 6.03 Å². The predicted molar refractivity (Wildman–Crippen MR) is 126 cm³/mol. The van der Waals surface area contributed by atoms with Gasteiger partial charge in [-0.15, -0.1) is 0 Å². The molecule has 2 amide bonds. The van der Waals surface area contributed by atoms with Crippen LogP contribution in [-0.4, -0.2) is 30.6 Å². The van der Waals surface area contributed by atoms with Gasteiger partial charge in [-0.2, -0.15) is 5.10 Å². The van der Waals surface area contributed by atoms with Gasteiger partial charge >= 0.3 is 6.03 Å². The van der Waals surface area contributed by atoms with Crippen LogP contribution in [0.2, 0.25) is 0 Å². The molecule has 0 fully saturated rings. The van der Waals surface area contributed by atoms with E-state index in [2.05, 4.69) is 25.7 Å². The van der Waals surface area contributed by atoms with Gasteiger partial charge in [0.15, 0.2) is 5.65 Å². The highest BCUT2D eigenvalue weighted by molar-refractivity contribution is 5.89. The van der Waals surface area contributed by atoms with E-state index in [9.17, 15) is 9.18 Å². The fraction of sp³-hybridized carbons (Fsp3) is 0.0800. The number of nitrogens with one attached hydrogen (secondary N) is 2. The maximum absolute atomic E-state index is 13.9. The highest BCUT2D eigenvalue weighted by Gasteiger charge is 2.18. The third-order valence-electron chi connectivity index (χ3n) is 5.26. The van der Waals surface area contributed by atoms with Gasteiger partial charge in [-0.1, -0.05) is 6.07 Å². The quantitative estimate of drug-likeness (QED) is 0.405. The molecule has 0 aliphatic heterocycles. The van der Waals surface area contributed by atoms with Gasteiger partial charge in [0.2, 0.25) is 0 Å². The van der Waals surface area contributed by atoms with Crippen LogP contribution >= 0.6 is 0 Å². The van der Waals surface area contributed by atoms with Crippen molar-refractivity contribution in [2.75, 3.05) is 5.32 Å². The first-order valence-corrected chi connectivity index (χ1v) is 10.6. The van der Waals surface area contributed by atoms with Crippen molar-refractivity contribution in [3.8, 4) is 22.5 Å². The van der Waals surface area contributed by atoms with Crippen LogP contribution in [0, 0.1) is 12.7 Å². The third-order valence-corrected chi connectivity index (χ3v) is 5.26.